The van der Waals surface area contributed by atoms with Gasteiger partial charge < -0.3 is 5.32 Å². The Hall–Kier alpha value is -0.520. The maximum atomic E-state index is 5.36. The molecule has 0 aromatic heterocycles. The highest BCUT2D eigenvalue weighted by Gasteiger charge is 2.23. The van der Waals surface area contributed by atoms with Crippen LogP contribution in [0.2, 0.25) is 0 Å². The zero-order chi connectivity index (χ0) is 12.8. The smallest absolute Gasteiger partial charge is 0.0598 e. The zero-order valence-corrected chi connectivity index (χ0v) is 11.8. The van der Waals surface area contributed by atoms with Crippen LogP contribution in [0.1, 0.15) is 45.4 Å². The maximum Gasteiger partial charge on any atom is 0.0598 e. The summed E-state index contributed by atoms with van der Waals surface area (Å²) >= 11 is 0. The lowest BCUT2D eigenvalue weighted by Crippen LogP contribution is -2.44. The number of nitrogens with one attached hydrogen (secondary N) is 1. The minimum Gasteiger partial charge on any atom is -0.314 e. The summed E-state index contributed by atoms with van der Waals surface area (Å²) in [6.07, 6.45) is 13.7. The molecule has 18 heavy (non-hydrogen) atoms. The highest BCUT2D eigenvalue weighted by molar-refractivity contribution is 4.90. The molecule has 0 radical (unpaired) electrons. The minimum atomic E-state index is 0.730. The van der Waals surface area contributed by atoms with E-state index in [0.717, 1.165) is 24.4 Å². The molecular weight excluding hydrogens is 220 g/mol. The van der Waals surface area contributed by atoms with Gasteiger partial charge in [0, 0.05) is 19.1 Å². The minimum absolute atomic E-state index is 0.730. The van der Waals surface area contributed by atoms with E-state index >= 15 is 0 Å². The molecule has 2 heteroatoms. The van der Waals surface area contributed by atoms with E-state index in [1.54, 1.807) is 0 Å². The Bertz CT molecular complexity index is 273. The van der Waals surface area contributed by atoms with Crippen molar-refractivity contribution in [3.05, 3.63) is 0 Å². The molecule has 2 fully saturated rings. The number of rotatable bonds is 4. The molecule has 1 aliphatic heterocycles. The van der Waals surface area contributed by atoms with E-state index in [4.69, 9.17) is 6.42 Å². The van der Waals surface area contributed by atoms with Crippen LogP contribution in [0.3, 0.4) is 0 Å². The predicted molar refractivity (Wildman–Crippen MR) is 77.4 cm³/mol. The van der Waals surface area contributed by atoms with Crippen LogP contribution < -0.4 is 5.32 Å². The van der Waals surface area contributed by atoms with E-state index in [2.05, 4.69) is 23.1 Å². The van der Waals surface area contributed by atoms with Crippen molar-refractivity contribution in [2.24, 2.45) is 11.8 Å². The van der Waals surface area contributed by atoms with Crippen molar-refractivity contribution in [1.29, 1.82) is 0 Å². The monoisotopic (exact) mass is 248 g/mol. The van der Waals surface area contributed by atoms with Crippen LogP contribution >= 0.6 is 0 Å². The largest absolute Gasteiger partial charge is 0.314 e. The molecule has 0 spiro atoms. The molecule has 0 aromatic rings. The molecule has 1 aliphatic carbocycles. The lowest BCUT2D eigenvalue weighted by atomic mass is 9.80. The van der Waals surface area contributed by atoms with E-state index in [-0.39, 0.29) is 0 Å². The second kappa shape index (κ2) is 7.16. The summed E-state index contributed by atoms with van der Waals surface area (Å²) in [5.74, 6) is 4.59. The van der Waals surface area contributed by atoms with E-state index in [9.17, 15) is 0 Å². The van der Waals surface area contributed by atoms with Gasteiger partial charge in [0.05, 0.1) is 6.54 Å². The third kappa shape index (κ3) is 4.00. The van der Waals surface area contributed by atoms with Crippen molar-refractivity contribution in [2.45, 2.75) is 51.5 Å². The SMILES string of the molecule is C#CCN1CCC(NCC2CCCCC2C)CC1. The molecule has 2 nitrogen and oxygen atoms in total. The summed E-state index contributed by atoms with van der Waals surface area (Å²) < 4.78 is 0. The van der Waals surface area contributed by atoms with Crippen molar-refractivity contribution in [3.8, 4) is 12.3 Å². The van der Waals surface area contributed by atoms with Crippen molar-refractivity contribution in [1.82, 2.24) is 10.2 Å². The van der Waals surface area contributed by atoms with Crippen LogP contribution in [0.4, 0.5) is 0 Å². The van der Waals surface area contributed by atoms with Gasteiger partial charge in [0.1, 0.15) is 0 Å². The van der Waals surface area contributed by atoms with Crippen molar-refractivity contribution < 1.29 is 0 Å². The average Bonchev–Trinajstić information content (AvgIpc) is 2.40. The Kier molecular flexibility index (Phi) is 5.53. The summed E-state index contributed by atoms with van der Waals surface area (Å²) in [4.78, 5) is 2.39. The summed E-state index contributed by atoms with van der Waals surface area (Å²) in [5, 5.41) is 3.81. The number of hydrogen-bond donors (Lipinski definition) is 1. The summed E-state index contributed by atoms with van der Waals surface area (Å²) in [6, 6.07) is 0.730. The summed E-state index contributed by atoms with van der Waals surface area (Å²) in [7, 11) is 0. The van der Waals surface area contributed by atoms with Crippen LogP contribution in [0.15, 0.2) is 0 Å². The average molecular weight is 248 g/mol. The normalized spacial score (nSPS) is 31.1. The van der Waals surface area contributed by atoms with Gasteiger partial charge in [0.2, 0.25) is 0 Å². The Balaban J connectivity index is 1.64. The number of likely N-dealkylation sites (tertiary alicyclic amines) is 1. The lowest BCUT2D eigenvalue weighted by molar-refractivity contribution is 0.194. The first kappa shape index (κ1) is 13.9. The van der Waals surface area contributed by atoms with Crippen molar-refractivity contribution >= 4 is 0 Å². The van der Waals surface area contributed by atoms with Crippen LogP contribution in [0, 0.1) is 24.2 Å². The highest BCUT2D eigenvalue weighted by atomic mass is 15.1. The Morgan fingerprint density at radius 1 is 1.17 bits per heavy atom. The molecule has 2 aliphatic rings. The molecule has 1 heterocycles. The molecule has 102 valence electrons. The van der Waals surface area contributed by atoms with Gasteiger partial charge in [-0.25, -0.2) is 0 Å². The Morgan fingerprint density at radius 2 is 1.89 bits per heavy atom. The first-order chi connectivity index (χ1) is 8.79. The van der Waals surface area contributed by atoms with Crippen LogP contribution in [-0.2, 0) is 0 Å². The second-order valence-electron chi connectivity index (χ2n) is 6.18. The molecule has 0 aromatic carbocycles. The number of terminal acetylenes is 1. The highest BCUT2D eigenvalue weighted by Crippen LogP contribution is 2.29. The van der Waals surface area contributed by atoms with Gasteiger partial charge in [-0.3, -0.25) is 4.90 Å². The standard InChI is InChI=1S/C16H28N2/c1-3-10-18-11-8-16(9-12-18)17-13-15-7-5-4-6-14(15)2/h1,14-17H,4-13H2,2H3. The van der Waals surface area contributed by atoms with Crippen molar-refractivity contribution in [2.75, 3.05) is 26.2 Å². The molecule has 2 atom stereocenters. The van der Waals surface area contributed by atoms with Gasteiger partial charge in [-0.2, -0.15) is 0 Å². The zero-order valence-electron chi connectivity index (χ0n) is 11.8. The van der Waals surface area contributed by atoms with E-state index in [1.165, 1.54) is 58.2 Å². The van der Waals surface area contributed by atoms with E-state index < -0.39 is 0 Å². The van der Waals surface area contributed by atoms with Gasteiger partial charge in [-0.05, 0) is 37.6 Å². The van der Waals surface area contributed by atoms with Gasteiger partial charge >= 0.3 is 0 Å². The molecule has 1 N–H and O–H groups in total. The molecule has 0 amide bonds. The van der Waals surface area contributed by atoms with Crippen LogP contribution in [0.5, 0.6) is 0 Å². The van der Waals surface area contributed by atoms with Gasteiger partial charge in [-0.15, -0.1) is 6.42 Å². The molecule has 1 saturated heterocycles. The number of piperidine rings is 1. The molecule has 2 unspecified atom stereocenters. The third-order valence-corrected chi connectivity index (χ3v) is 4.86. The predicted octanol–water partition coefficient (Wildman–Crippen LogP) is 2.50. The number of hydrogen-bond acceptors (Lipinski definition) is 2. The first-order valence-corrected chi connectivity index (χ1v) is 7.69. The van der Waals surface area contributed by atoms with E-state index in [0.29, 0.717) is 0 Å². The summed E-state index contributed by atoms with van der Waals surface area (Å²) in [5.41, 5.74) is 0. The quantitative estimate of drug-likeness (QED) is 0.769. The van der Waals surface area contributed by atoms with Crippen molar-refractivity contribution in [3.63, 3.8) is 0 Å². The third-order valence-electron chi connectivity index (χ3n) is 4.86. The fraction of sp³-hybridized carbons (Fsp3) is 0.875. The maximum absolute atomic E-state index is 5.36. The first-order valence-electron chi connectivity index (χ1n) is 7.69. The summed E-state index contributed by atoms with van der Waals surface area (Å²) in [6.45, 7) is 6.83. The topological polar surface area (TPSA) is 15.3 Å². The van der Waals surface area contributed by atoms with Crippen LogP contribution in [0.25, 0.3) is 0 Å². The fourth-order valence-electron chi connectivity index (χ4n) is 3.44. The number of nitrogens with zero attached hydrogens (tertiary/aromatic N) is 1. The Labute approximate surface area is 113 Å². The van der Waals surface area contributed by atoms with E-state index in [1.807, 2.05) is 0 Å². The Morgan fingerprint density at radius 3 is 2.56 bits per heavy atom. The second-order valence-corrected chi connectivity index (χ2v) is 6.18. The molecule has 2 rings (SSSR count). The molecular formula is C16H28N2. The van der Waals surface area contributed by atoms with Gasteiger partial charge in [0.25, 0.3) is 0 Å². The lowest BCUT2D eigenvalue weighted by Gasteiger charge is -2.34. The fourth-order valence-corrected chi connectivity index (χ4v) is 3.44. The van der Waals surface area contributed by atoms with Gasteiger partial charge in [-0.1, -0.05) is 32.1 Å². The molecule has 1 saturated carbocycles. The molecule has 0 bridgehead atoms. The van der Waals surface area contributed by atoms with Crippen LogP contribution in [-0.4, -0.2) is 37.1 Å². The van der Waals surface area contributed by atoms with Gasteiger partial charge in [0.15, 0.2) is 0 Å².